The number of hydrogen-bond acceptors (Lipinski definition) is 9. The first kappa shape index (κ1) is 23.7. The normalized spacial score (nSPS) is 51.0. The third-order valence-electron chi connectivity index (χ3n) is 9.35. The summed E-state index contributed by atoms with van der Waals surface area (Å²) in [6.45, 7) is 8.61. The van der Waals surface area contributed by atoms with Crippen molar-refractivity contribution in [1.29, 1.82) is 0 Å². The maximum atomic E-state index is 13.2. The van der Waals surface area contributed by atoms with Crippen LogP contribution in [0.15, 0.2) is 23.3 Å². The molecule has 2 saturated carbocycles. The molecule has 5 rings (SSSR count). The second-order valence-electron chi connectivity index (χ2n) is 11.3. The van der Waals surface area contributed by atoms with E-state index in [-0.39, 0.29) is 12.5 Å². The van der Waals surface area contributed by atoms with E-state index < -0.39 is 76.5 Å². The molecule has 0 aromatic heterocycles. The highest BCUT2D eigenvalue weighted by Crippen LogP contribution is 2.72. The van der Waals surface area contributed by atoms with Gasteiger partial charge >= 0.3 is 11.9 Å². The standard InChI is InChI=1S/C25H32O9/c1-10(2)6-15(27)34-17-19-24(5)21(30)16(28)18-23(4)12(11(3)7-13(26)20(23)29)8-14(33-22(17)31)25(18,19)9-32-24/h6-7,12,14,16-21,28-30H,8-9H2,1-5H3/t12-,14+,16+,17+,18+,19-,20+,21-,23-,24+,25+/m0/s1. The molecule has 0 unspecified atom stereocenters. The Balaban J connectivity index is 1.70. The fourth-order valence-electron chi connectivity index (χ4n) is 8.07. The molecule has 0 aromatic rings. The van der Waals surface area contributed by atoms with Crippen LogP contribution in [0.1, 0.15) is 41.0 Å². The summed E-state index contributed by atoms with van der Waals surface area (Å²) in [5.74, 6) is -3.97. The lowest BCUT2D eigenvalue weighted by atomic mass is 9.38. The van der Waals surface area contributed by atoms with Crippen molar-refractivity contribution in [1.82, 2.24) is 0 Å². The molecular formula is C25H32O9. The predicted molar refractivity (Wildman–Crippen MR) is 116 cm³/mol. The van der Waals surface area contributed by atoms with Crippen molar-refractivity contribution in [3.05, 3.63) is 23.3 Å². The average Bonchev–Trinajstić information content (AvgIpc) is 3.01. The van der Waals surface area contributed by atoms with Crippen LogP contribution in [-0.2, 0) is 28.6 Å². The predicted octanol–water partition coefficient (Wildman–Crippen LogP) is 0.449. The largest absolute Gasteiger partial charge is 0.459 e. The van der Waals surface area contributed by atoms with Crippen molar-refractivity contribution >= 4 is 17.7 Å². The van der Waals surface area contributed by atoms with Crippen LogP contribution in [0.5, 0.6) is 0 Å². The summed E-state index contributed by atoms with van der Waals surface area (Å²) in [6.07, 6.45) is -3.32. The fraction of sp³-hybridized carbons (Fsp3) is 0.720. The summed E-state index contributed by atoms with van der Waals surface area (Å²) in [4.78, 5) is 38.5. The summed E-state index contributed by atoms with van der Waals surface area (Å²) < 4.78 is 17.6. The van der Waals surface area contributed by atoms with E-state index in [9.17, 15) is 29.7 Å². The molecule has 2 aliphatic heterocycles. The van der Waals surface area contributed by atoms with E-state index in [0.717, 1.165) is 5.57 Å². The van der Waals surface area contributed by atoms with E-state index in [1.54, 1.807) is 34.6 Å². The Bertz CT molecular complexity index is 1030. The van der Waals surface area contributed by atoms with Crippen molar-refractivity contribution in [2.24, 2.45) is 28.6 Å². The first-order valence-electron chi connectivity index (χ1n) is 11.8. The lowest BCUT2D eigenvalue weighted by Gasteiger charge is -2.68. The number of rotatable bonds is 2. The Kier molecular flexibility index (Phi) is 5.03. The van der Waals surface area contributed by atoms with Crippen LogP contribution in [-0.4, -0.2) is 75.8 Å². The zero-order valence-corrected chi connectivity index (χ0v) is 20.0. The third kappa shape index (κ3) is 2.67. The number of ether oxygens (including phenoxy) is 3. The smallest absolute Gasteiger partial charge is 0.348 e. The van der Waals surface area contributed by atoms with Gasteiger partial charge in [-0.1, -0.05) is 18.1 Å². The van der Waals surface area contributed by atoms with Crippen LogP contribution in [0.3, 0.4) is 0 Å². The summed E-state index contributed by atoms with van der Waals surface area (Å²) in [5, 5.41) is 34.0. The summed E-state index contributed by atoms with van der Waals surface area (Å²) in [6, 6.07) is 0. The Morgan fingerprint density at radius 1 is 1.18 bits per heavy atom. The number of ketones is 1. The monoisotopic (exact) mass is 476 g/mol. The van der Waals surface area contributed by atoms with E-state index in [1.165, 1.54) is 12.2 Å². The minimum Gasteiger partial charge on any atom is -0.459 e. The molecule has 2 saturated heterocycles. The number of allylic oxidation sites excluding steroid dienone is 2. The highest BCUT2D eigenvalue weighted by Gasteiger charge is 2.82. The van der Waals surface area contributed by atoms with Crippen molar-refractivity contribution in [2.45, 2.75) is 77.2 Å². The van der Waals surface area contributed by atoms with Crippen LogP contribution >= 0.6 is 0 Å². The van der Waals surface area contributed by atoms with Crippen LogP contribution in [0, 0.1) is 28.6 Å². The molecule has 11 atom stereocenters. The van der Waals surface area contributed by atoms with Gasteiger partial charge in [-0.3, -0.25) is 4.79 Å². The number of aliphatic hydroxyl groups excluding tert-OH is 3. The van der Waals surface area contributed by atoms with Gasteiger partial charge in [-0.25, -0.2) is 9.59 Å². The highest BCUT2D eigenvalue weighted by atomic mass is 16.6. The SMILES string of the molecule is CC(C)=CC(=O)O[C@H]1C(=O)O[C@@H]2C[C@H]3C(C)=CC(=O)[C@@H](O)[C@]3(C)[C@H]3[C@@H](O)[C@H](O)[C@]4(C)OC[C@]32[C@@H]14. The minimum atomic E-state index is -1.45. The maximum absolute atomic E-state index is 13.2. The van der Waals surface area contributed by atoms with Crippen molar-refractivity contribution in [3.63, 3.8) is 0 Å². The van der Waals surface area contributed by atoms with Gasteiger partial charge in [0.1, 0.15) is 23.9 Å². The van der Waals surface area contributed by atoms with Gasteiger partial charge in [0.05, 0.1) is 18.6 Å². The van der Waals surface area contributed by atoms with Crippen LogP contribution in [0.2, 0.25) is 0 Å². The molecular weight excluding hydrogens is 444 g/mol. The topological polar surface area (TPSA) is 140 Å². The lowest BCUT2D eigenvalue weighted by Crippen LogP contribution is -2.78. The first-order valence-corrected chi connectivity index (χ1v) is 11.8. The second kappa shape index (κ2) is 7.22. The zero-order chi connectivity index (χ0) is 25.0. The number of esters is 2. The second-order valence-corrected chi connectivity index (χ2v) is 11.3. The molecule has 0 aromatic carbocycles. The quantitative estimate of drug-likeness (QED) is 0.383. The lowest BCUT2D eigenvalue weighted by molar-refractivity contribution is -0.297. The summed E-state index contributed by atoms with van der Waals surface area (Å²) >= 11 is 0. The van der Waals surface area contributed by atoms with Crippen LogP contribution in [0.25, 0.3) is 0 Å². The number of hydrogen-bond donors (Lipinski definition) is 3. The Labute approximate surface area is 197 Å². The molecule has 2 bridgehead atoms. The molecule has 3 N–H and O–H groups in total. The minimum absolute atomic E-state index is 0.0214. The number of fused-ring (bicyclic) bond motifs is 2. The fourth-order valence-corrected chi connectivity index (χ4v) is 8.07. The van der Waals surface area contributed by atoms with Gasteiger partial charge in [0, 0.05) is 22.8 Å². The number of aliphatic hydroxyl groups is 3. The summed E-state index contributed by atoms with van der Waals surface area (Å²) in [7, 11) is 0. The zero-order valence-electron chi connectivity index (χ0n) is 20.0. The molecule has 34 heavy (non-hydrogen) atoms. The molecule has 3 aliphatic carbocycles. The van der Waals surface area contributed by atoms with Gasteiger partial charge in [-0.2, -0.15) is 0 Å². The van der Waals surface area contributed by atoms with Gasteiger partial charge < -0.3 is 29.5 Å². The molecule has 5 aliphatic rings. The maximum Gasteiger partial charge on any atom is 0.348 e. The Morgan fingerprint density at radius 3 is 2.50 bits per heavy atom. The average molecular weight is 477 g/mol. The van der Waals surface area contributed by atoms with Gasteiger partial charge in [0.25, 0.3) is 0 Å². The van der Waals surface area contributed by atoms with Gasteiger partial charge in [0.15, 0.2) is 5.78 Å². The third-order valence-corrected chi connectivity index (χ3v) is 9.35. The molecule has 1 spiro atoms. The van der Waals surface area contributed by atoms with E-state index in [1.807, 2.05) is 0 Å². The molecule has 186 valence electrons. The van der Waals surface area contributed by atoms with E-state index in [2.05, 4.69) is 0 Å². The van der Waals surface area contributed by atoms with E-state index >= 15 is 0 Å². The van der Waals surface area contributed by atoms with Crippen molar-refractivity contribution in [2.75, 3.05) is 6.61 Å². The number of carbonyl (C=O) groups excluding carboxylic acids is 3. The van der Waals surface area contributed by atoms with Crippen molar-refractivity contribution in [3.8, 4) is 0 Å². The number of carbonyl (C=O) groups is 3. The van der Waals surface area contributed by atoms with Crippen LogP contribution < -0.4 is 0 Å². The van der Waals surface area contributed by atoms with Gasteiger partial charge in [-0.05, 0) is 46.1 Å². The van der Waals surface area contributed by atoms with Gasteiger partial charge in [-0.15, -0.1) is 0 Å². The first-order chi connectivity index (χ1) is 15.8. The molecule has 4 fully saturated rings. The Morgan fingerprint density at radius 2 is 1.85 bits per heavy atom. The molecule has 9 nitrogen and oxygen atoms in total. The molecule has 2 heterocycles. The van der Waals surface area contributed by atoms with Gasteiger partial charge in [0.2, 0.25) is 6.10 Å². The highest BCUT2D eigenvalue weighted by molar-refractivity contribution is 5.96. The summed E-state index contributed by atoms with van der Waals surface area (Å²) in [5.41, 5.74) is -2.21. The molecule has 0 amide bonds. The van der Waals surface area contributed by atoms with Crippen molar-refractivity contribution < 1.29 is 43.9 Å². The van der Waals surface area contributed by atoms with Crippen LogP contribution in [0.4, 0.5) is 0 Å². The Hall–Kier alpha value is -2.07. The van der Waals surface area contributed by atoms with E-state index in [4.69, 9.17) is 14.2 Å². The molecule has 0 radical (unpaired) electrons. The van der Waals surface area contributed by atoms with E-state index in [0.29, 0.717) is 12.0 Å². The molecule has 9 heteroatoms.